The molecule has 0 unspecified atom stereocenters. The Morgan fingerprint density at radius 2 is 2.07 bits per heavy atom. The van der Waals surface area contributed by atoms with Gasteiger partial charge in [-0.25, -0.2) is 4.39 Å². The first-order chi connectivity index (χ1) is 6.46. The molecule has 3 nitrogen and oxygen atoms in total. The molecule has 1 aromatic carbocycles. The molecule has 0 aromatic heterocycles. The molecule has 0 fully saturated rings. The van der Waals surface area contributed by atoms with Crippen molar-refractivity contribution in [1.82, 2.24) is 0 Å². The number of halogens is 2. The Morgan fingerprint density at radius 1 is 1.43 bits per heavy atom. The third-order valence-corrected chi connectivity index (χ3v) is 2.83. The molecule has 0 aliphatic heterocycles. The van der Waals surface area contributed by atoms with Crippen molar-refractivity contribution >= 4 is 21.7 Å². The van der Waals surface area contributed by atoms with Gasteiger partial charge in [-0.05, 0) is 18.6 Å². The van der Waals surface area contributed by atoms with E-state index >= 15 is 0 Å². The Hall–Kier alpha value is -0.650. The predicted molar refractivity (Wildman–Crippen MR) is 50.6 cm³/mol. The van der Waals surface area contributed by atoms with E-state index in [1.807, 2.05) is 0 Å². The highest BCUT2D eigenvalue weighted by Crippen LogP contribution is 2.19. The van der Waals surface area contributed by atoms with Gasteiger partial charge in [-0.3, -0.25) is 4.55 Å². The highest BCUT2D eigenvalue weighted by atomic mass is 35.5. The number of alkyl halides is 1. The van der Waals surface area contributed by atoms with E-state index in [0.29, 0.717) is 0 Å². The van der Waals surface area contributed by atoms with E-state index in [9.17, 15) is 12.8 Å². The summed E-state index contributed by atoms with van der Waals surface area (Å²) < 4.78 is 43.6. The highest BCUT2D eigenvalue weighted by Gasteiger charge is 2.17. The van der Waals surface area contributed by atoms with Gasteiger partial charge in [0.15, 0.2) is 0 Å². The van der Waals surface area contributed by atoms with E-state index in [1.54, 1.807) is 0 Å². The van der Waals surface area contributed by atoms with Gasteiger partial charge in [-0.1, -0.05) is 6.07 Å². The van der Waals surface area contributed by atoms with E-state index < -0.39 is 20.8 Å². The minimum atomic E-state index is -4.38. The molecule has 1 N–H and O–H groups in total. The van der Waals surface area contributed by atoms with Gasteiger partial charge in [0.05, 0.1) is 0 Å². The summed E-state index contributed by atoms with van der Waals surface area (Å²) in [4.78, 5) is -0.418. The summed E-state index contributed by atoms with van der Waals surface area (Å²) in [5.41, 5.74) is -0.0787. The number of rotatable bonds is 3. The standard InChI is InChI=1S/C8H8ClFO3S/c9-5-4-6-7(10)2-1-3-8(6)14(11,12)13/h1-3H,4-5H2,(H,11,12,13). The van der Waals surface area contributed by atoms with Crippen LogP contribution in [0, 0.1) is 5.82 Å². The normalized spacial score (nSPS) is 11.6. The van der Waals surface area contributed by atoms with E-state index in [-0.39, 0.29) is 17.9 Å². The molecule has 0 radical (unpaired) electrons. The molecule has 0 bridgehead atoms. The fourth-order valence-corrected chi connectivity index (χ4v) is 2.07. The van der Waals surface area contributed by atoms with E-state index in [2.05, 4.69) is 0 Å². The summed E-state index contributed by atoms with van der Waals surface area (Å²) in [6, 6.07) is 3.48. The van der Waals surface area contributed by atoms with Crippen LogP contribution in [0.3, 0.4) is 0 Å². The van der Waals surface area contributed by atoms with Crippen molar-refractivity contribution in [3.8, 4) is 0 Å². The zero-order valence-electron chi connectivity index (χ0n) is 7.07. The van der Waals surface area contributed by atoms with Crippen LogP contribution in [-0.4, -0.2) is 18.9 Å². The first-order valence-corrected chi connectivity index (χ1v) is 5.75. The van der Waals surface area contributed by atoms with Crippen molar-refractivity contribution in [2.45, 2.75) is 11.3 Å². The summed E-state index contributed by atoms with van der Waals surface area (Å²) in [7, 11) is -4.38. The molecule has 78 valence electrons. The number of hydrogen-bond donors (Lipinski definition) is 1. The fourth-order valence-electron chi connectivity index (χ4n) is 1.12. The fraction of sp³-hybridized carbons (Fsp3) is 0.250. The first kappa shape index (κ1) is 11.4. The van der Waals surface area contributed by atoms with Gasteiger partial charge in [-0.15, -0.1) is 11.6 Å². The molecule has 14 heavy (non-hydrogen) atoms. The van der Waals surface area contributed by atoms with Crippen LogP contribution in [-0.2, 0) is 16.5 Å². The lowest BCUT2D eigenvalue weighted by atomic mass is 10.1. The molecule has 0 saturated heterocycles. The Bertz CT molecular complexity index is 430. The predicted octanol–water partition coefficient (Wildman–Crippen LogP) is 1.85. The summed E-state index contributed by atoms with van der Waals surface area (Å²) in [6.07, 6.45) is 0.0589. The van der Waals surface area contributed by atoms with Crippen molar-refractivity contribution in [2.24, 2.45) is 0 Å². The second kappa shape index (κ2) is 4.25. The van der Waals surface area contributed by atoms with Crippen molar-refractivity contribution in [2.75, 3.05) is 5.88 Å². The SMILES string of the molecule is O=S(=O)(O)c1cccc(F)c1CCCl. The number of hydrogen-bond acceptors (Lipinski definition) is 2. The zero-order chi connectivity index (χ0) is 10.8. The lowest BCUT2D eigenvalue weighted by molar-refractivity contribution is 0.480. The van der Waals surface area contributed by atoms with Crippen molar-refractivity contribution in [3.63, 3.8) is 0 Å². The Balaban J connectivity index is 3.36. The Labute approximate surface area is 86.3 Å². The second-order valence-corrected chi connectivity index (χ2v) is 4.40. The zero-order valence-corrected chi connectivity index (χ0v) is 8.65. The largest absolute Gasteiger partial charge is 0.294 e. The molecular weight excluding hydrogens is 231 g/mol. The van der Waals surface area contributed by atoms with E-state index in [0.717, 1.165) is 12.1 Å². The maximum absolute atomic E-state index is 13.1. The molecule has 0 atom stereocenters. The molecule has 0 aliphatic carbocycles. The van der Waals surface area contributed by atoms with Crippen LogP contribution in [0.2, 0.25) is 0 Å². The van der Waals surface area contributed by atoms with Gasteiger partial charge in [-0.2, -0.15) is 8.42 Å². The molecular formula is C8H8ClFO3S. The molecule has 1 aromatic rings. The van der Waals surface area contributed by atoms with Gasteiger partial charge in [0.2, 0.25) is 0 Å². The Morgan fingerprint density at radius 3 is 2.57 bits per heavy atom. The maximum Gasteiger partial charge on any atom is 0.294 e. The minimum absolute atomic E-state index is 0.0589. The van der Waals surface area contributed by atoms with Gasteiger partial charge in [0.1, 0.15) is 10.7 Å². The minimum Gasteiger partial charge on any atom is -0.282 e. The summed E-state index contributed by atoms with van der Waals surface area (Å²) >= 11 is 5.39. The average Bonchev–Trinajstić information content (AvgIpc) is 2.07. The highest BCUT2D eigenvalue weighted by molar-refractivity contribution is 7.85. The van der Waals surface area contributed by atoms with Gasteiger partial charge in [0, 0.05) is 11.4 Å². The van der Waals surface area contributed by atoms with E-state index in [1.165, 1.54) is 6.07 Å². The van der Waals surface area contributed by atoms with Crippen LogP contribution in [0.25, 0.3) is 0 Å². The van der Waals surface area contributed by atoms with Crippen molar-refractivity contribution in [3.05, 3.63) is 29.6 Å². The molecule has 0 spiro atoms. The van der Waals surface area contributed by atoms with Crippen LogP contribution < -0.4 is 0 Å². The van der Waals surface area contributed by atoms with Crippen molar-refractivity contribution < 1.29 is 17.4 Å². The summed E-state index contributed by atoms with van der Waals surface area (Å²) in [6.45, 7) is 0. The van der Waals surface area contributed by atoms with Crippen LogP contribution >= 0.6 is 11.6 Å². The molecule has 0 aliphatic rings. The molecule has 0 heterocycles. The second-order valence-electron chi connectivity index (χ2n) is 2.63. The molecule has 1 rings (SSSR count). The lowest BCUT2D eigenvalue weighted by Gasteiger charge is -2.05. The van der Waals surface area contributed by atoms with Crippen molar-refractivity contribution in [1.29, 1.82) is 0 Å². The van der Waals surface area contributed by atoms with Crippen LogP contribution in [0.5, 0.6) is 0 Å². The first-order valence-electron chi connectivity index (χ1n) is 3.77. The van der Waals surface area contributed by atoms with Crippen LogP contribution in [0.1, 0.15) is 5.56 Å². The Kier molecular flexibility index (Phi) is 3.47. The van der Waals surface area contributed by atoms with Crippen LogP contribution in [0.4, 0.5) is 4.39 Å². The monoisotopic (exact) mass is 238 g/mol. The molecule has 0 saturated carbocycles. The lowest BCUT2D eigenvalue weighted by Crippen LogP contribution is -2.05. The van der Waals surface area contributed by atoms with Gasteiger partial charge >= 0.3 is 0 Å². The average molecular weight is 239 g/mol. The molecule has 0 amide bonds. The maximum atomic E-state index is 13.1. The topological polar surface area (TPSA) is 54.4 Å². The molecule has 6 heteroatoms. The van der Waals surface area contributed by atoms with Gasteiger partial charge < -0.3 is 0 Å². The third kappa shape index (κ3) is 2.43. The smallest absolute Gasteiger partial charge is 0.282 e. The van der Waals surface area contributed by atoms with Gasteiger partial charge in [0.25, 0.3) is 10.1 Å². The number of benzene rings is 1. The quantitative estimate of drug-likeness (QED) is 0.646. The summed E-state index contributed by atoms with van der Waals surface area (Å²) in [5.74, 6) is -0.593. The van der Waals surface area contributed by atoms with E-state index in [4.69, 9.17) is 16.2 Å². The third-order valence-electron chi connectivity index (χ3n) is 1.70. The van der Waals surface area contributed by atoms with Crippen LogP contribution in [0.15, 0.2) is 23.1 Å². The summed E-state index contributed by atoms with van der Waals surface area (Å²) in [5, 5.41) is 0.